The maximum atomic E-state index is 13.9. The summed E-state index contributed by atoms with van der Waals surface area (Å²) < 4.78 is 14.7. The SMILES string of the molecule is OC(c1cc(Br)ccc1Cl)c1ccc(F)c2ccccc12. The molecule has 106 valence electrons. The van der Waals surface area contributed by atoms with Gasteiger partial charge >= 0.3 is 0 Å². The zero-order valence-corrected chi connectivity index (χ0v) is 13.2. The van der Waals surface area contributed by atoms with Crippen molar-refractivity contribution in [1.82, 2.24) is 0 Å². The predicted octanol–water partition coefficient (Wildman–Crippen LogP) is 5.48. The van der Waals surface area contributed by atoms with Crippen molar-refractivity contribution in [1.29, 1.82) is 0 Å². The molecule has 0 bridgehead atoms. The molecule has 0 aromatic heterocycles. The molecule has 0 aliphatic carbocycles. The Bertz CT molecular complexity index is 819. The molecule has 3 aromatic rings. The molecule has 1 nitrogen and oxygen atoms in total. The van der Waals surface area contributed by atoms with E-state index in [1.54, 1.807) is 42.5 Å². The van der Waals surface area contributed by atoms with Gasteiger partial charge in [0, 0.05) is 20.4 Å². The van der Waals surface area contributed by atoms with E-state index in [-0.39, 0.29) is 5.82 Å². The van der Waals surface area contributed by atoms with Gasteiger partial charge < -0.3 is 5.11 Å². The molecule has 1 unspecified atom stereocenters. The van der Waals surface area contributed by atoms with E-state index in [1.165, 1.54) is 6.07 Å². The number of rotatable bonds is 2. The van der Waals surface area contributed by atoms with E-state index in [9.17, 15) is 9.50 Å². The van der Waals surface area contributed by atoms with Crippen molar-refractivity contribution < 1.29 is 9.50 Å². The van der Waals surface area contributed by atoms with Crippen LogP contribution in [0.5, 0.6) is 0 Å². The predicted molar refractivity (Wildman–Crippen MR) is 87.1 cm³/mol. The van der Waals surface area contributed by atoms with Crippen LogP contribution >= 0.6 is 27.5 Å². The maximum absolute atomic E-state index is 13.9. The lowest BCUT2D eigenvalue weighted by Crippen LogP contribution is -2.02. The molecule has 4 heteroatoms. The minimum atomic E-state index is -0.916. The monoisotopic (exact) mass is 364 g/mol. The molecule has 0 saturated heterocycles. The largest absolute Gasteiger partial charge is 0.384 e. The number of hydrogen-bond acceptors (Lipinski definition) is 1. The summed E-state index contributed by atoms with van der Waals surface area (Å²) in [6.45, 7) is 0. The summed E-state index contributed by atoms with van der Waals surface area (Å²) in [5, 5.41) is 12.3. The van der Waals surface area contributed by atoms with Crippen molar-refractivity contribution in [2.45, 2.75) is 6.10 Å². The van der Waals surface area contributed by atoms with Gasteiger partial charge in [-0.2, -0.15) is 0 Å². The molecule has 0 radical (unpaired) electrons. The number of fused-ring (bicyclic) bond motifs is 1. The van der Waals surface area contributed by atoms with E-state index >= 15 is 0 Å². The number of benzene rings is 3. The van der Waals surface area contributed by atoms with Crippen LogP contribution < -0.4 is 0 Å². The molecule has 0 fully saturated rings. The highest BCUT2D eigenvalue weighted by molar-refractivity contribution is 9.10. The van der Waals surface area contributed by atoms with Gasteiger partial charge in [-0.05, 0) is 35.2 Å². The third kappa shape index (κ3) is 2.69. The Morgan fingerprint density at radius 1 is 0.952 bits per heavy atom. The van der Waals surface area contributed by atoms with Gasteiger partial charge in [-0.15, -0.1) is 0 Å². The zero-order chi connectivity index (χ0) is 15.0. The van der Waals surface area contributed by atoms with Crippen molar-refractivity contribution in [3.05, 3.63) is 81.0 Å². The second kappa shape index (κ2) is 5.76. The van der Waals surface area contributed by atoms with E-state index in [0.29, 0.717) is 26.9 Å². The fourth-order valence-corrected chi connectivity index (χ4v) is 3.02. The van der Waals surface area contributed by atoms with Gasteiger partial charge in [0.2, 0.25) is 0 Å². The van der Waals surface area contributed by atoms with Crippen LogP contribution in [0.3, 0.4) is 0 Å². The minimum Gasteiger partial charge on any atom is -0.384 e. The Morgan fingerprint density at radius 2 is 1.67 bits per heavy atom. The molecule has 21 heavy (non-hydrogen) atoms. The highest BCUT2D eigenvalue weighted by Crippen LogP contribution is 2.34. The van der Waals surface area contributed by atoms with E-state index < -0.39 is 6.10 Å². The third-order valence-electron chi connectivity index (χ3n) is 3.45. The van der Waals surface area contributed by atoms with Crippen molar-refractivity contribution >= 4 is 38.3 Å². The molecule has 0 aliphatic rings. The lowest BCUT2D eigenvalue weighted by molar-refractivity contribution is 0.222. The summed E-state index contributed by atoms with van der Waals surface area (Å²) in [5.41, 5.74) is 1.22. The number of hydrogen-bond donors (Lipinski definition) is 1. The number of aliphatic hydroxyl groups is 1. The molecular formula is C17H11BrClFO. The summed E-state index contributed by atoms with van der Waals surface area (Å²) in [7, 11) is 0. The zero-order valence-electron chi connectivity index (χ0n) is 10.9. The number of aliphatic hydroxyl groups excluding tert-OH is 1. The molecule has 0 amide bonds. The topological polar surface area (TPSA) is 20.2 Å². The van der Waals surface area contributed by atoms with Gasteiger partial charge in [-0.1, -0.05) is 57.9 Å². The van der Waals surface area contributed by atoms with Crippen LogP contribution in [-0.4, -0.2) is 5.11 Å². The highest BCUT2D eigenvalue weighted by Gasteiger charge is 2.18. The molecule has 0 heterocycles. The highest BCUT2D eigenvalue weighted by atomic mass is 79.9. The molecule has 3 rings (SSSR count). The van der Waals surface area contributed by atoms with Gasteiger partial charge in [0.1, 0.15) is 11.9 Å². The third-order valence-corrected chi connectivity index (χ3v) is 4.29. The summed E-state index contributed by atoms with van der Waals surface area (Å²) in [4.78, 5) is 0. The standard InChI is InChI=1S/C17H11BrClFO/c18-10-5-7-15(19)14(9-10)17(21)13-6-8-16(20)12-4-2-1-3-11(12)13/h1-9,17,21H. The summed E-state index contributed by atoms with van der Waals surface area (Å²) in [6.07, 6.45) is -0.916. The second-order valence-corrected chi connectivity index (χ2v) is 6.07. The number of halogens is 3. The molecule has 3 aromatic carbocycles. The van der Waals surface area contributed by atoms with Crippen molar-refractivity contribution in [2.24, 2.45) is 0 Å². The quantitative estimate of drug-likeness (QED) is 0.638. The molecule has 0 aliphatic heterocycles. The van der Waals surface area contributed by atoms with Crippen molar-refractivity contribution in [3.8, 4) is 0 Å². The van der Waals surface area contributed by atoms with E-state index in [1.807, 2.05) is 6.07 Å². The van der Waals surface area contributed by atoms with Gasteiger partial charge in [0.05, 0.1) is 0 Å². The van der Waals surface area contributed by atoms with Crippen molar-refractivity contribution in [2.75, 3.05) is 0 Å². The average Bonchev–Trinajstić information content (AvgIpc) is 2.50. The lowest BCUT2D eigenvalue weighted by Gasteiger charge is -2.16. The summed E-state index contributed by atoms with van der Waals surface area (Å²) in [6, 6.07) is 15.3. The van der Waals surface area contributed by atoms with Crippen LogP contribution in [0.1, 0.15) is 17.2 Å². The fourth-order valence-electron chi connectivity index (χ4n) is 2.42. The van der Waals surface area contributed by atoms with Crippen LogP contribution in [0.4, 0.5) is 4.39 Å². The van der Waals surface area contributed by atoms with Crippen LogP contribution in [0.25, 0.3) is 10.8 Å². The van der Waals surface area contributed by atoms with Gasteiger partial charge in [-0.25, -0.2) is 4.39 Å². The molecule has 1 atom stereocenters. The Labute approximate surface area is 135 Å². The first-order valence-electron chi connectivity index (χ1n) is 6.38. The summed E-state index contributed by atoms with van der Waals surface area (Å²) >= 11 is 9.54. The molecule has 1 N–H and O–H groups in total. The Kier molecular flexibility index (Phi) is 3.98. The lowest BCUT2D eigenvalue weighted by atomic mass is 9.95. The smallest absolute Gasteiger partial charge is 0.131 e. The second-order valence-electron chi connectivity index (χ2n) is 4.75. The van der Waals surface area contributed by atoms with E-state index in [2.05, 4.69) is 15.9 Å². The molecule has 0 spiro atoms. The van der Waals surface area contributed by atoms with E-state index in [0.717, 1.165) is 4.47 Å². The fraction of sp³-hybridized carbons (Fsp3) is 0.0588. The van der Waals surface area contributed by atoms with Crippen LogP contribution in [0, 0.1) is 5.82 Å². The molecular weight excluding hydrogens is 355 g/mol. The Morgan fingerprint density at radius 3 is 2.43 bits per heavy atom. The normalized spacial score (nSPS) is 12.6. The van der Waals surface area contributed by atoms with Crippen LogP contribution in [0.15, 0.2) is 59.1 Å². The van der Waals surface area contributed by atoms with Gasteiger partial charge in [0.25, 0.3) is 0 Å². The van der Waals surface area contributed by atoms with Crippen molar-refractivity contribution in [3.63, 3.8) is 0 Å². The Balaban J connectivity index is 2.20. The summed E-state index contributed by atoms with van der Waals surface area (Å²) in [5.74, 6) is -0.304. The average molecular weight is 366 g/mol. The van der Waals surface area contributed by atoms with Gasteiger partial charge in [-0.3, -0.25) is 0 Å². The maximum Gasteiger partial charge on any atom is 0.131 e. The first-order valence-corrected chi connectivity index (χ1v) is 7.55. The molecule has 0 saturated carbocycles. The van der Waals surface area contributed by atoms with Crippen LogP contribution in [0.2, 0.25) is 5.02 Å². The van der Waals surface area contributed by atoms with Gasteiger partial charge in [0.15, 0.2) is 0 Å². The van der Waals surface area contributed by atoms with Crippen LogP contribution in [-0.2, 0) is 0 Å². The first-order chi connectivity index (χ1) is 10.1. The minimum absolute atomic E-state index is 0.304. The Hall–Kier alpha value is -1.42. The van der Waals surface area contributed by atoms with E-state index in [4.69, 9.17) is 11.6 Å². The first kappa shape index (κ1) is 14.5.